The number of carbonyl (C=O) groups is 1. The second-order valence-electron chi connectivity index (χ2n) is 3.46. The Morgan fingerprint density at radius 3 is 2.86 bits per heavy atom. The molecule has 0 spiro atoms. The van der Waals surface area contributed by atoms with E-state index in [9.17, 15) is 4.79 Å². The first kappa shape index (κ1) is 10.1. The first-order valence-corrected chi connectivity index (χ1v) is 6.14. The van der Waals surface area contributed by atoms with Crippen molar-refractivity contribution >= 4 is 33.2 Å². The summed E-state index contributed by atoms with van der Waals surface area (Å²) >= 11 is 4.84. The highest BCUT2D eigenvalue weighted by Gasteiger charge is 2.24. The fourth-order valence-corrected chi connectivity index (χ4v) is 3.24. The van der Waals surface area contributed by atoms with Crippen LogP contribution in [-0.4, -0.2) is 16.1 Å². The molecule has 1 fully saturated rings. The zero-order valence-electron chi connectivity index (χ0n) is 7.49. The van der Waals surface area contributed by atoms with Crippen molar-refractivity contribution in [3.63, 3.8) is 0 Å². The van der Waals surface area contributed by atoms with E-state index in [4.69, 9.17) is 5.11 Å². The van der Waals surface area contributed by atoms with Crippen LogP contribution in [0, 0.1) is 0 Å². The molecule has 76 valence electrons. The van der Waals surface area contributed by atoms with Crippen molar-refractivity contribution in [3.8, 4) is 0 Å². The first-order chi connectivity index (χ1) is 6.66. The zero-order chi connectivity index (χ0) is 10.1. The fourth-order valence-electron chi connectivity index (χ4n) is 1.43. The Balaban J connectivity index is 2.16. The summed E-state index contributed by atoms with van der Waals surface area (Å²) in [5.41, 5.74) is 0. The number of halogens is 1. The summed E-state index contributed by atoms with van der Waals surface area (Å²) in [6, 6.07) is 0. The smallest absolute Gasteiger partial charge is 0.308 e. The highest BCUT2D eigenvalue weighted by Crippen LogP contribution is 2.40. The molecule has 0 aromatic carbocycles. The summed E-state index contributed by atoms with van der Waals surface area (Å²) in [5.74, 6) is -0.214. The van der Waals surface area contributed by atoms with Crippen LogP contribution in [0.15, 0.2) is 4.60 Å². The lowest BCUT2D eigenvalue weighted by Gasteiger charge is -2.22. The minimum atomic E-state index is -0.797. The Morgan fingerprint density at radius 1 is 1.64 bits per heavy atom. The fraction of sp³-hybridized carbons (Fsp3) is 0.556. The van der Waals surface area contributed by atoms with Gasteiger partial charge in [0.2, 0.25) is 0 Å². The molecule has 1 N–H and O–H groups in total. The molecule has 0 aliphatic heterocycles. The zero-order valence-corrected chi connectivity index (χ0v) is 9.90. The van der Waals surface area contributed by atoms with Crippen LogP contribution in [0.4, 0.5) is 0 Å². The summed E-state index contributed by atoms with van der Waals surface area (Å²) in [6.07, 6.45) is 3.75. The minimum absolute atomic E-state index is 0.0744. The highest BCUT2D eigenvalue weighted by atomic mass is 79.9. The maximum Gasteiger partial charge on any atom is 0.308 e. The highest BCUT2D eigenvalue weighted by molar-refractivity contribution is 9.10. The molecule has 0 atom stereocenters. The third-order valence-corrected chi connectivity index (χ3v) is 4.57. The van der Waals surface area contributed by atoms with Crippen LogP contribution in [0.25, 0.3) is 0 Å². The minimum Gasteiger partial charge on any atom is -0.481 e. The van der Waals surface area contributed by atoms with Crippen LogP contribution in [0.2, 0.25) is 0 Å². The predicted octanol–water partition coefficient (Wildman–Crippen LogP) is 2.80. The molecule has 1 aliphatic rings. The number of aromatic nitrogens is 1. The van der Waals surface area contributed by atoms with E-state index in [1.165, 1.54) is 30.6 Å². The second kappa shape index (κ2) is 3.98. The third-order valence-electron chi connectivity index (χ3n) is 2.43. The van der Waals surface area contributed by atoms with Crippen molar-refractivity contribution in [1.29, 1.82) is 0 Å². The molecule has 0 amide bonds. The van der Waals surface area contributed by atoms with Crippen LogP contribution in [0.5, 0.6) is 0 Å². The largest absolute Gasteiger partial charge is 0.481 e. The summed E-state index contributed by atoms with van der Waals surface area (Å²) in [7, 11) is 0. The van der Waals surface area contributed by atoms with E-state index < -0.39 is 5.97 Å². The number of nitrogens with zero attached hydrogens (tertiary/aromatic N) is 1. The number of thiazole rings is 1. The van der Waals surface area contributed by atoms with Gasteiger partial charge in [-0.05, 0) is 28.8 Å². The van der Waals surface area contributed by atoms with Crippen LogP contribution in [0.1, 0.15) is 35.1 Å². The van der Waals surface area contributed by atoms with Gasteiger partial charge >= 0.3 is 5.97 Å². The van der Waals surface area contributed by atoms with E-state index in [1.807, 2.05) is 0 Å². The van der Waals surface area contributed by atoms with E-state index in [2.05, 4.69) is 20.9 Å². The molecule has 14 heavy (non-hydrogen) atoms. The SMILES string of the molecule is O=C(O)Cc1sc(C2CCC2)nc1Br. The maximum atomic E-state index is 10.5. The van der Waals surface area contributed by atoms with Gasteiger partial charge in [-0.15, -0.1) is 11.3 Å². The second-order valence-corrected chi connectivity index (χ2v) is 5.33. The molecule has 3 nitrogen and oxygen atoms in total. The molecule has 5 heteroatoms. The van der Waals surface area contributed by atoms with Gasteiger partial charge in [-0.1, -0.05) is 6.42 Å². The van der Waals surface area contributed by atoms with Gasteiger partial charge in [-0.2, -0.15) is 0 Å². The first-order valence-electron chi connectivity index (χ1n) is 4.53. The van der Waals surface area contributed by atoms with Crippen molar-refractivity contribution in [2.45, 2.75) is 31.6 Å². The Hall–Kier alpha value is -0.420. The van der Waals surface area contributed by atoms with Gasteiger partial charge in [0.25, 0.3) is 0 Å². The molecule has 0 bridgehead atoms. The Bertz CT molecular complexity index is 360. The number of carboxylic acids is 1. The average Bonchev–Trinajstić information content (AvgIpc) is 2.27. The molecule has 0 radical (unpaired) electrons. The van der Waals surface area contributed by atoms with Gasteiger partial charge in [0.05, 0.1) is 16.3 Å². The van der Waals surface area contributed by atoms with Gasteiger partial charge in [0, 0.05) is 5.92 Å². The predicted molar refractivity (Wildman–Crippen MR) is 57.7 cm³/mol. The van der Waals surface area contributed by atoms with Crippen molar-refractivity contribution in [3.05, 3.63) is 14.5 Å². The molecular formula is C9H10BrNO2S. The summed E-state index contributed by atoms with van der Waals surface area (Å²) in [4.78, 5) is 15.7. The Kier molecular flexibility index (Phi) is 2.88. The van der Waals surface area contributed by atoms with Crippen LogP contribution in [-0.2, 0) is 11.2 Å². The van der Waals surface area contributed by atoms with Gasteiger partial charge in [0.15, 0.2) is 0 Å². The number of hydrogen-bond acceptors (Lipinski definition) is 3. The van der Waals surface area contributed by atoms with Crippen LogP contribution in [0.3, 0.4) is 0 Å². The molecule has 1 aliphatic carbocycles. The van der Waals surface area contributed by atoms with Crippen molar-refractivity contribution in [1.82, 2.24) is 4.98 Å². The van der Waals surface area contributed by atoms with Crippen molar-refractivity contribution in [2.75, 3.05) is 0 Å². The van der Waals surface area contributed by atoms with E-state index >= 15 is 0 Å². The average molecular weight is 276 g/mol. The van der Waals surface area contributed by atoms with E-state index in [-0.39, 0.29) is 6.42 Å². The van der Waals surface area contributed by atoms with E-state index in [0.717, 1.165) is 9.88 Å². The number of aliphatic carboxylic acids is 1. The lowest BCUT2D eigenvalue weighted by atomic mass is 9.86. The lowest BCUT2D eigenvalue weighted by molar-refractivity contribution is -0.136. The molecule has 0 saturated heterocycles. The van der Waals surface area contributed by atoms with Gasteiger partial charge in [-0.25, -0.2) is 4.98 Å². The van der Waals surface area contributed by atoms with E-state index in [0.29, 0.717) is 10.5 Å². The van der Waals surface area contributed by atoms with Gasteiger partial charge < -0.3 is 5.11 Å². The summed E-state index contributed by atoms with van der Waals surface area (Å²) in [5, 5.41) is 9.77. The number of carboxylic acid groups (broad SMARTS) is 1. The lowest BCUT2D eigenvalue weighted by Crippen LogP contribution is -2.07. The quantitative estimate of drug-likeness (QED) is 0.923. The van der Waals surface area contributed by atoms with E-state index in [1.54, 1.807) is 0 Å². The Morgan fingerprint density at radius 2 is 2.36 bits per heavy atom. The molecular weight excluding hydrogens is 266 g/mol. The van der Waals surface area contributed by atoms with Crippen molar-refractivity contribution < 1.29 is 9.90 Å². The molecule has 1 aromatic heterocycles. The molecule has 1 heterocycles. The number of hydrogen-bond donors (Lipinski definition) is 1. The Labute approximate surface area is 94.3 Å². The van der Waals surface area contributed by atoms with Gasteiger partial charge in [0.1, 0.15) is 4.60 Å². The van der Waals surface area contributed by atoms with Crippen LogP contribution >= 0.6 is 27.3 Å². The molecule has 1 saturated carbocycles. The number of rotatable bonds is 3. The normalized spacial score (nSPS) is 16.6. The molecule has 1 aromatic rings. The summed E-state index contributed by atoms with van der Waals surface area (Å²) < 4.78 is 0.715. The van der Waals surface area contributed by atoms with Gasteiger partial charge in [-0.3, -0.25) is 4.79 Å². The maximum absolute atomic E-state index is 10.5. The monoisotopic (exact) mass is 275 g/mol. The standard InChI is InChI=1S/C9H10BrNO2S/c10-8-6(4-7(12)13)14-9(11-8)5-2-1-3-5/h5H,1-4H2,(H,12,13). The summed E-state index contributed by atoms with van der Waals surface area (Å²) in [6.45, 7) is 0. The third kappa shape index (κ3) is 1.98. The van der Waals surface area contributed by atoms with Crippen molar-refractivity contribution in [2.24, 2.45) is 0 Å². The van der Waals surface area contributed by atoms with Crippen LogP contribution < -0.4 is 0 Å². The molecule has 0 unspecified atom stereocenters. The topological polar surface area (TPSA) is 50.2 Å². The molecule has 2 rings (SSSR count).